The molecule has 23 heavy (non-hydrogen) atoms. The quantitative estimate of drug-likeness (QED) is 0.796. The van der Waals surface area contributed by atoms with E-state index in [1.54, 1.807) is 18.6 Å². The molecule has 1 N–H and O–H groups in total. The van der Waals surface area contributed by atoms with Gasteiger partial charge in [-0.2, -0.15) is 0 Å². The first-order valence-electron chi connectivity index (χ1n) is 7.83. The van der Waals surface area contributed by atoms with E-state index in [1.807, 2.05) is 29.5 Å². The summed E-state index contributed by atoms with van der Waals surface area (Å²) in [5.74, 6) is 0.632. The number of anilines is 1. The first kappa shape index (κ1) is 14.3. The zero-order valence-corrected chi connectivity index (χ0v) is 13.5. The molecule has 3 aromatic heterocycles. The minimum atomic E-state index is 0.632. The molecule has 116 valence electrons. The molecule has 0 aliphatic heterocycles. The first-order valence-corrected chi connectivity index (χ1v) is 8.65. The minimum absolute atomic E-state index is 0.632. The van der Waals surface area contributed by atoms with E-state index in [0.717, 1.165) is 22.7 Å². The van der Waals surface area contributed by atoms with Crippen LogP contribution in [-0.2, 0) is 19.4 Å². The van der Waals surface area contributed by atoms with Gasteiger partial charge in [-0.25, -0.2) is 15.0 Å². The highest BCUT2D eigenvalue weighted by molar-refractivity contribution is 7.11. The molecule has 0 spiro atoms. The fourth-order valence-electron chi connectivity index (χ4n) is 2.76. The Morgan fingerprint density at radius 2 is 1.87 bits per heavy atom. The lowest BCUT2D eigenvalue weighted by molar-refractivity contribution is 0.681. The highest BCUT2D eigenvalue weighted by atomic mass is 32.1. The summed E-state index contributed by atoms with van der Waals surface area (Å²) < 4.78 is 0. The lowest BCUT2D eigenvalue weighted by Gasteiger charge is -2.06. The van der Waals surface area contributed by atoms with Gasteiger partial charge in [0.1, 0.15) is 5.01 Å². The van der Waals surface area contributed by atoms with Crippen LogP contribution in [0, 0.1) is 0 Å². The van der Waals surface area contributed by atoms with E-state index < -0.39 is 0 Å². The number of nitrogens with zero attached hydrogens (tertiary/aromatic N) is 4. The first-order chi connectivity index (χ1) is 11.4. The number of aromatic nitrogens is 4. The van der Waals surface area contributed by atoms with Crippen LogP contribution in [0.15, 0.2) is 36.8 Å². The number of thiazole rings is 1. The standard InChI is InChI=1S/C17H17N5S/c1-2-4-15-14(3-1)21-16(23-15)11-20-17-19-10-7-13(22-17)12-5-8-18-9-6-12/h5-10H,1-4,11H2,(H,19,20,22). The van der Waals surface area contributed by atoms with Crippen LogP contribution in [0.3, 0.4) is 0 Å². The van der Waals surface area contributed by atoms with Gasteiger partial charge >= 0.3 is 0 Å². The third-order valence-electron chi connectivity index (χ3n) is 3.92. The number of hydrogen-bond donors (Lipinski definition) is 1. The molecule has 0 radical (unpaired) electrons. The molecule has 3 heterocycles. The van der Waals surface area contributed by atoms with Gasteiger partial charge in [-0.05, 0) is 43.9 Å². The Morgan fingerprint density at radius 1 is 1.00 bits per heavy atom. The average molecular weight is 323 g/mol. The summed E-state index contributed by atoms with van der Waals surface area (Å²) in [6.45, 7) is 0.678. The number of rotatable bonds is 4. The Morgan fingerprint density at radius 3 is 2.74 bits per heavy atom. The maximum Gasteiger partial charge on any atom is 0.223 e. The number of pyridine rings is 1. The van der Waals surface area contributed by atoms with Crippen LogP contribution >= 0.6 is 11.3 Å². The van der Waals surface area contributed by atoms with E-state index in [-0.39, 0.29) is 0 Å². The molecule has 1 aliphatic rings. The molecule has 6 heteroatoms. The van der Waals surface area contributed by atoms with Crippen LogP contribution < -0.4 is 5.32 Å². The molecule has 3 aromatic rings. The van der Waals surface area contributed by atoms with Gasteiger partial charge in [0, 0.05) is 29.0 Å². The van der Waals surface area contributed by atoms with E-state index >= 15 is 0 Å². The maximum atomic E-state index is 4.74. The largest absolute Gasteiger partial charge is 0.348 e. The van der Waals surface area contributed by atoms with Crippen molar-refractivity contribution in [3.8, 4) is 11.3 Å². The van der Waals surface area contributed by atoms with Crippen LogP contribution in [0.1, 0.15) is 28.4 Å². The molecule has 5 nitrogen and oxygen atoms in total. The summed E-state index contributed by atoms with van der Waals surface area (Å²) in [4.78, 5) is 19.1. The van der Waals surface area contributed by atoms with Crippen molar-refractivity contribution in [2.45, 2.75) is 32.2 Å². The Hall–Kier alpha value is -2.34. The Kier molecular flexibility index (Phi) is 3.98. The third-order valence-corrected chi connectivity index (χ3v) is 5.08. The predicted octanol–water partition coefficient (Wildman–Crippen LogP) is 3.49. The average Bonchev–Trinajstić information content (AvgIpc) is 3.04. The zero-order chi connectivity index (χ0) is 15.5. The van der Waals surface area contributed by atoms with Gasteiger partial charge in [0.15, 0.2) is 0 Å². The molecular formula is C17H17N5S. The summed E-state index contributed by atoms with van der Waals surface area (Å²) in [6, 6.07) is 5.80. The van der Waals surface area contributed by atoms with Crippen LogP contribution in [0.2, 0.25) is 0 Å². The van der Waals surface area contributed by atoms with Crippen molar-refractivity contribution < 1.29 is 0 Å². The van der Waals surface area contributed by atoms with Crippen LogP contribution in [0.5, 0.6) is 0 Å². The molecule has 4 rings (SSSR count). The van der Waals surface area contributed by atoms with Crippen LogP contribution in [0.25, 0.3) is 11.3 Å². The third kappa shape index (κ3) is 3.22. The number of nitrogens with one attached hydrogen (secondary N) is 1. The minimum Gasteiger partial charge on any atom is -0.348 e. The van der Waals surface area contributed by atoms with Crippen molar-refractivity contribution in [2.24, 2.45) is 0 Å². The summed E-state index contributed by atoms with van der Waals surface area (Å²) in [7, 11) is 0. The second-order valence-corrected chi connectivity index (χ2v) is 6.71. The molecule has 0 saturated carbocycles. The fourth-order valence-corrected chi connectivity index (χ4v) is 3.86. The van der Waals surface area contributed by atoms with Crippen molar-refractivity contribution in [2.75, 3.05) is 5.32 Å². The van der Waals surface area contributed by atoms with Gasteiger partial charge in [0.05, 0.1) is 17.9 Å². The predicted molar refractivity (Wildman–Crippen MR) is 91.3 cm³/mol. The molecule has 0 aromatic carbocycles. The molecule has 0 fully saturated rings. The molecule has 0 saturated heterocycles. The lowest BCUT2D eigenvalue weighted by atomic mass is 10.0. The summed E-state index contributed by atoms with van der Waals surface area (Å²) in [5.41, 5.74) is 3.23. The molecule has 0 atom stereocenters. The van der Waals surface area contributed by atoms with E-state index in [0.29, 0.717) is 12.5 Å². The van der Waals surface area contributed by atoms with Crippen molar-refractivity contribution in [1.82, 2.24) is 19.9 Å². The summed E-state index contributed by atoms with van der Waals surface area (Å²) in [6.07, 6.45) is 10.2. The smallest absolute Gasteiger partial charge is 0.223 e. The highest BCUT2D eigenvalue weighted by Crippen LogP contribution is 2.27. The fraction of sp³-hybridized carbons (Fsp3) is 0.294. The van der Waals surface area contributed by atoms with Crippen molar-refractivity contribution >= 4 is 17.3 Å². The maximum absolute atomic E-state index is 4.74. The van der Waals surface area contributed by atoms with Gasteiger partial charge in [-0.3, -0.25) is 4.98 Å². The van der Waals surface area contributed by atoms with E-state index in [1.165, 1.54) is 29.8 Å². The van der Waals surface area contributed by atoms with Crippen molar-refractivity contribution in [3.05, 3.63) is 52.4 Å². The van der Waals surface area contributed by atoms with E-state index in [4.69, 9.17) is 4.98 Å². The number of fused-ring (bicyclic) bond motifs is 1. The highest BCUT2D eigenvalue weighted by Gasteiger charge is 2.15. The van der Waals surface area contributed by atoms with Gasteiger partial charge in [0.2, 0.25) is 5.95 Å². The van der Waals surface area contributed by atoms with Gasteiger partial charge in [-0.15, -0.1) is 11.3 Å². The lowest BCUT2D eigenvalue weighted by Crippen LogP contribution is -2.04. The number of hydrogen-bond acceptors (Lipinski definition) is 6. The van der Waals surface area contributed by atoms with Crippen LogP contribution in [-0.4, -0.2) is 19.9 Å². The Bertz CT molecular complexity index is 776. The van der Waals surface area contributed by atoms with Crippen molar-refractivity contribution in [3.63, 3.8) is 0 Å². The van der Waals surface area contributed by atoms with E-state index in [2.05, 4.69) is 20.3 Å². The van der Waals surface area contributed by atoms with Gasteiger partial charge < -0.3 is 5.32 Å². The van der Waals surface area contributed by atoms with E-state index in [9.17, 15) is 0 Å². The van der Waals surface area contributed by atoms with Crippen molar-refractivity contribution in [1.29, 1.82) is 0 Å². The molecule has 0 unspecified atom stereocenters. The monoisotopic (exact) mass is 323 g/mol. The van der Waals surface area contributed by atoms with Crippen LogP contribution in [0.4, 0.5) is 5.95 Å². The summed E-state index contributed by atoms with van der Waals surface area (Å²) >= 11 is 1.82. The molecular weight excluding hydrogens is 306 g/mol. The topological polar surface area (TPSA) is 63.6 Å². The molecule has 0 amide bonds. The Labute approximate surface area is 138 Å². The SMILES string of the molecule is c1cc(-c2ccnc(NCc3nc4c(s3)CCCC4)n2)ccn1. The molecule has 1 aliphatic carbocycles. The Balaban J connectivity index is 1.48. The van der Waals surface area contributed by atoms with Gasteiger partial charge in [0.25, 0.3) is 0 Å². The zero-order valence-electron chi connectivity index (χ0n) is 12.7. The second kappa shape index (κ2) is 6.42. The number of aryl methyl sites for hydroxylation is 2. The summed E-state index contributed by atoms with van der Waals surface area (Å²) in [5, 5.41) is 4.41. The second-order valence-electron chi connectivity index (χ2n) is 5.54. The normalized spacial score (nSPS) is 13.6. The molecule has 0 bridgehead atoms. The van der Waals surface area contributed by atoms with Gasteiger partial charge in [-0.1, -0.05) is 0 Å².